The number of rotatable bonds is 7. The highest BCUT2D eigenvalue weighted by atomic mass is 16.5. The molecule has 0 amide bonds. The molecule has 1 atom stereocenters. The van der Waals surface area contributed by atoms with Gasteiger partial charge in [0.15, 0.2) is 0 Å². The Morgan fingerprint density at radius 3 is 2.31 bits per heavy atom. The van der Waals surface area contributed by atoms with Gasteiger partial charge in [0.25, 0.3) is 0 Å². The fraction of sp³-hybridized carbons (Fsp3) is 0.429. The monoisotopic (exact) mass is 356 g/mol. The summed E-state index contributed by atoms with van der Waals surface area (Å²) in [6.07, 6.45) is -0.493. The van der Waals surface area contributed by atoms with Crippen molar-refractivity contribution in [3.05, 3.63) is 54.1 Å². The third-order valence-electron chi connectivity index (χ3n) is 4.79. The maximum atomic E-state index is 10.3. The highest BCUT2D eigenvalue weighted by Gasteiger charge is 2.21. The van der Waals surface area contributed by atoms with Gasteiger partial charge in [0.1, 0.15) is 24.2 Å². The van der Waals surface area contributed by atoms with Gasteiger partial charge < -0.3 is 19.5 Å². The first-order valence-electron chi connectivity index (χ1n) is 9.14. The maximum Gasteiger partial charge on any atom is 0.142 e. The molecular formula is C21H28N2O3. The van der Waals surface area contributed by atoms with Crippen molar-refractivity contribution in [1.29, 1.82) is 0 Å². The number of hydrogen-bond acceptors (Lipinski definition) is 5. The standard InChI is InChI=1S/C21H28N2O3/c1-17-7-3-5-9-20(17)26-16-18(24)15-22-11-13-23(14-12-22)19-8-4-6-10-21(19)25-2/h3-10,18,24H,11-16H2,1-2H3. The van der Waals surface area contributed by atoms with E-state index in [-0.39, 0.29) is 0 Å². The first-order valence-corrected chi connectivity index (χ1v) is 9.14. The number of nitrogens with zero attached hydrogens (tertiary/aromatic N) is 2. The van der Waals surface area contributed by atoms with Gasteiger partial charge in [0.2, 0.25) is 0 Å². The van der Waals surface area contributed by atoms with Crippen molar-refractivity contribution >= 4 is 5.69 Å². The topological polar surface area (TPSA) is 45.2 Å². The summed E-state index contributed by atoms with van der Waals surface area (Å²) in [5.74, 6) is 1.75. The number of methoxy groups -OCH3 is 1. The lowest BCUT2D eigenvalue weighted by atomic mass is 10.2. The van der Waals surface area contributed by atoms with Crippen molar-refractivity contribution < 1.29 is 14.6 Å². The van der Waals surface area contributed by atoms with Gasteiger partial charge in [-0.15, -0.1) is 0 Å². The van der Waals surface area contributed by atoms with Crippen LogP contribution in [0.1, 0.15) is 5.56 Å². The van der Waals surface area contributed by atoms with Crippen LogP contribution in [0.3, 0.4) is 0 Å². The average Bonchev–Trinajstić information content (AvgIpc) is 2.68. The van der Waals surface area contributed by atoms with Crippen molar-refractivity contribution in [2.24, 2.45) is 0 Å². The van der Waals surface area contributed by atoms with Gasteiger partial charge in [-0.2, -0.15) is 0 Å². The van der Waals surface area contributed by atoms with Crippen molar-refractivity contribution in [3.63, 3.8) is 0 Å². The highest BCUT2D eigenvalue weighted by molar-refractivity contribution is 5.58. The van der Waals surface area contributed by atoms with E-state index in [0.29, 0.717) is 13.2 Å². The summed E-state index contributed by atoms with van der Waals surface area (Å²) < 4.78 is 11.2. The first-order chi connectivity index (χ1) is 12.7. The number of ether oxygens (including phenoxy) is 2. The number of piperazine rings is 1. The minimum absolute atomic E-state index is 0.317. The van der Waals surface area contributed by atoms with Crippen LogP contribution in [0.2, 0.25) is 0 Å². The zero-order valence-corrected chi connectivity index (χ0v) is 15.6. The number of hydrogen-bond donors (Lipinski definition) is 1. The molecule has 1 aliphatic rings. The molecular weight excluding hydrogens is 328 g/mol. The predicted octanol–water partition coefficient (Wildman–Crippen LogP) is 2.57. The lowest BCUT2D eigenvalue weighted by molar-refractivity contribution is 0.0660. The Hall–Kier alpha value is -2.24. The summed E-state index contributed by atoms with van der Waals surface area (Å²) in [6, 6.07) is 16.0. The second-order valence-electron chi connectivity index (χ2n) is 6.69. The molecule has 0 spiro atoms. The van der Waals surface area contributed by atoms with E-state index in [1.165, 1.54) is 0 Å². The largest absolute Gasteiger partial charge is 0.495 e. The molecule has 5 heteroatoms. The third-order valence-corrected chi connectivity index (χ3v) is 4.79. The number of para-hydroxylation sites is 3. The summed E-state index contributed by atoms with van der Waals surface area (Å²) >= 11 is 0. The number of benzene rings is 2. The summed E-state index contributed by atoms with van der Waals surface area (Å²) in [5.41, 5.74) is 2.23. The van der Waals surface area contributed by atoms with E-state index in [2.05, 4.69) is 15.9 Å². The van der Waals surface area contributed by atoms with Crippen LogP contribution in [0.4, 0.5) is 5.69 Å². The average molecular weight is 356 g/mol. The second kappa shape index (κ2) is 8.92. The SMILES string of the molecule is COc1ccccc1N1CCN(CC(O)COc2ccccc2C)CC1. The van der Waals surface area contributed by atoms with Crippen LogP contribution >= 0.6 is 0 Å². The van der Waals surface area contributed by atoms with Crippen LogP contribution < -0.4 is 14.4 Å². The van der Waals surface area contributed by atoms with Crippen LogP contribution in [-0.4, -0.2) is 62.6 Å². The summed E-state index contributed by atoms with van der Waals surface area (Å²) in [5, 5.41) is 10.3. The predicted molar refractivity (Wildman–Crippen MR) is 104 cm³/mol. The van der Waals surface area contributed by atoms with Gasteiger partial charge in [-0.05, 0) is 30.7 Å². The Kier molecular flexibility index (Phi) is 6.36. The molecule has 1 heterocycles. The molecule has 2 aromatic rings. The fourth-order valence-corrected chi connectivity index (χ4v) is 3.32. The molecule has 5 nitrogen and oxygen atoms in total. The zero-order valence-electron chi connectivity index (χ0n) is 15.6. The smallest absolute Gasteiger partial charge is 0.142 e. The molecule has 3 rings (SSSR count). The van der Waals surface area contributed by atoms with Crippen LogP contribution in [-0.2, 0) is 0 Å². The zero-order chi connectivity index (χ0) is 18.4. The Bertz CT molecular complexity index is 699. The van der Waals surface area contributed by atoms with Gasteiger partial charge in [-0.25, -0.2) is 0 Å². The van der Waals surface area contributed by atoms with Crippen LogP contribution in [0.15, 0.2) is 48.5 Å². The molecule has 1 N–H and O–H groups in total. The van der Waals surface area contributed by atoms with Crippen molar-refractivity contribution in [2.75, 3.05) is 51.3 Å². The Balaban J connectivity index is 1.45. The van der Waals surface area contributed by atoms with Gasteiger partial charge >= 0.3 is 0 Å². The molecule has 0 radical (unpaired) electrons. The van der Waals surface area contributed by atoms with Gasteiger partial charge in [0, 0.05) is 32.7 Å². The van der Waals surface area contributed by atoms with E-state index >= 15 is 0 Å². The lowest BCUT2D eigenvalue weighted by Gasteiger charge is -2.37. The minimum atomic E-state index is -0.493. The number of aliphatic hydroxyl groups is 1. The van der Waals surface area contributed by atoms with Crippen LogP contribution in [0.25, 0.3) is 0 Å². The Labute approximate surface area is 155 Å². The molecule has 0 aromatic heterocycles. The molecule has 1 aliphatic heterocycles. The molecule has 0 aliphatic carbocycles. The van der Waals surface area contributed by atoms with Crippen LogP contribution in [0.5, 0.6) is 11.5 Å². The van der Waals surface area contributed by atoms with E-state index in [9.17, 15) is 5.11 Å². The normalized spacial score (nSPS) is 16.3. The van der Waals surface area contributed by atoms with Crippen molar-refractivity contribution in [3.8, 4) is 11.5 Å². The van der Waals surface area contributed by atoms with Gasteiger partial charge in [-0.1, -0.05) is 30.3 Å². The minimum Gasteiger partial charge on any atom is -0.495 e. The van der Waals surface area contributed by atoms with Crippen molar-refractivity contribution in [1.82, 2.24) is 4.90 Å². The number of aliphatic hydroxyl groups excluding tert-OH is 1. The lowest BCUT2D eigenvalue weighted by Crippen LogP contribution is -2.49. The first kappa shape index (κ1) is 18.5. The molecule has 26 heavy (non-hydrogen) atoms. The van der Waals surface area contributed by atoms with E-state index in [1.807, 2.05) is 49.4 Å². The quantitative estimate of drug-likeness (QED) is 0.826. The molecule has 0 saturated carbocycles. The van der Waals surface area contributed by atoms with Crippen molar-refractivity contribution in [2.45, 2.75) is 13.0 Å². The third kappa shape index (κ3) is 4.68. The summed E-state index contributed by atoms with van der Waals surface area (Å²) in [7, 11) is 1.71. The molecule has 140 valence electrons. The number of β-amino-alcohol motifs (C(OH)–C–C–N with tert-alkyl or cyclic N) is 1. The Morgan fingerprint density at radius 2 is 1.62 bits per heavy atom. The van der Waals surface area contributed by atoms with E-state index in [0.717, 1.165) is 48.9 Å². The van der Waals surface area contributed by atoms with E-state index in [4.69, 9.17) is 9.47 Å². The number of aryl methyl sites for hydroxylation is 1. The summed E-state index contributed by atoms with van der Waals surface area (Å²) in [6.45, 7) is 6.64. The van der Waals surface area contributed by atoms with Gasteiger partial charge in [0.05, 0.1) is 12.8 Å². The molecule has 2 aromatic carbocycles. The Morgan fingerprint density at radius 1 is 0.962 bits per heavy atom. The van der Waals surface area contributed by atoms with E-state index < -0.39 is 6.10 Å². The molecule has 1 unspecified atom stereocenters. The van der Waals surface area contributed by atoms with Crippen LogP contribution in [0, 0.1) is 6.92 Å². The van der Waals surface area contributed by atoms with Gasteiger partial charge in [-0.3, -0.25) is 4.90 Å². The summed E-state index contributed by atoms with van der Waals surface area (Å²) in [4.78, 5) is 4.63. The number of anilines is 1. The molecule has 1 saturated heterocycles. The molecule has 0 bridgehead atoms. The molecule has 1 fully saturated rings. The maximum absolute atomic E-state index is 10.3. The second-order valence-corrected chi connectivity index (χ2v) is 6.69. The fourth-order valence-electron chi connectivity index (χ4n) is 3.32. The van der Waals surface area contributed by atoms with E-state index in [1.54, 1.807) is 7.11 Å². The highest BCUT2D eigenvalue weighted by Crippen LogP contribution is 2.28.